The average Bonchev–Trinajstić information content (AvgIpc) is 2.81. The lowest BCUT2D eigenvalue weighted by Crippen LogP contribution is -2.10. The van der Waals surface area contributed by atoms with Crippen LogP contribution in [0.2, 0.25) is 0 Å². The van der Waals surface area contributed by atoms with Crippen LogP contribution in [0.25, 0.3) is 0 Å². The second-order valence-electron chi connectivity index (χ2n) is 4.28. The molecule has 0 atom stereocenters. The Labute approximate surface area is 121 Å². The fourth-order valence-corrected chi connectivity index (χ4v) is 2.66. The van der Waals surface area contributed by atoms with Crippen molar-refractivity contribution < 1.29 is 9.53 Å². The molecular weight excluding hydrogens is 274 g/mol. The molecule has 1 amide bonds. The quantitative estimate of drug-likeness (QED) is 0.760. The van der Waals surface area contributed by atoms with E-state index in [2.05, 4.69) is 5.32 Å². The lowest BCUT2D eigenvalue weighted by atomic mass is 10.1. The molecule has 0 saturated carbocycles. The van der Waals surface area contributed by atoms with E-state index in [-0.39, 0.29) is 0 Å². The summed E-state index contributed by atoms with van der Waals surface area (Å²) in [6.45, 7) is 0.754. The van der Waals surface area contributed by atoms with Crippen LogP contribution >= 0.6 is 11.3 Å². The van der Waals surface area contributed by atoms with Gasteiger partial charge < -0.3 is 21.5 Å². The van der Waals surface area contributed by atoms with Gasteiger partial charge in [0, 0.05) is 6.54 Å². The summed E-state index contributed by atoms with van der Waals surface area (Å²) in [5, 5.41) is 4.09. The molecule has 0 saturated heterocycles. The fourth-order valence-electron chi connectivity index (χ4n) is 1.81. The van der Waals surface area contributed by atoms with Gasteiger partial charge in [-0.1, -0.05) is 12.1 Å². The minimum Gasteiger partial charge on any atom is -0.497 e. The van der Waals surface area contributed by atoms with Gasteiger partial charge in [-0.15, -0.1) is 11.3 Å². The van der Waals surface area contributed by atoms with E-state index in [4.69, 9.17) is 16.2 Å². The Morgan fingerprint density at radius 3 is 2.60 bits per heavy atom. The molecule has 0 radical (unpaired) electrons. The van der Waals surface area contributed by atoms with Crippen LogP contribution in [-0.4, -0.2) is 19.6 Å². The van der Waals surface area contributed by atoms with E-state index >= 15 is 0 Å². The predicted octanol–water partition coefficient (Wildman–Crippen LogP) is 2.09. The van der Waals surface area contributed by atoms with E-state index in [0.29, 0.717) is 10.6 Å². The van der Waals surface area contributed by atoms with Crippen molar-refractivity contribution in [3.63, 3.8) is 0 Å². The monoisotopic (exact) mass is 291 g/mol. The molecule has 0 bridgehead atoms. The van der Waals surface area contributed by atoms with Crippen molar-refractivity contribution >= 4 is 27.9 Å². The van der Waals surface area contributed by atoms with E-state index in [1.807, 2.05) is 24.3 Å². The summed E-state index contributed by atoms with van der Waals surface area (Å²) in [5.41, 5.74) is 12.6. The molecule has 0 unspecified atom stereocenters. The van der Waals surface area contributed by atoms with Crippen molar-refractivity contribution in [2.75, 3.05) is 24.7 Å². The fraction of sp³-hybridized carbons (Fsp3) is 0.214. The predicted molar refractivity (Wildman–Crippen MR) is 82.4 cm³/mol. The van der Waals surface area contributed by atoms with Gasteiger partial charge in [0.15, 0.2) is 0 Å². The number of nitrogen functional groups attached to an aromatic ring is 1. The molecule has 5 N–H and O–H groups in total. The summed E-state index contributed by atoms with van der Waals surface area (Å²) in [4.78, 5) is 11.5. The zero-order valence-corrected chi connectivity index (χ0v) is 12.0. The number of hydrogen-bond acceptors (Lipinski definition) is 5. The molecule has 2 rings (SSSR count). The average molecular weight is 291 g/mol. The van der Waals surface area contributed by atoms with Crippen molar-refractivity contribution in [3.8, 4) is 5.75 Å². The van der Waals surface area contributed by atoms with Crippen LogP contribution in [0.15, 0.2) is 30.3 Å². The van der Waals surface area contributed by atoms with E-state index in [9.17, 15) is 4.79 Å². The Kier molecular flexibility index (Phi) is 4.47. The van der Waals surface area contributed by atoms with Crippen molar-refractivity contribution in [3.05, 3.63) is 40.8 Å². The van der Waals surface area contributed by atoms with Gasteiger partial charge in [-0.05, 0) is 30.2 Å². The number of carbonyl (C=O) groups excluding carboxylic acids is 1. The van der Waals surface area contributed by atoms with Crippen LogP contribution in [-0.2, 0) is 6.42 Å². The highest BCUT2D eigenvalue weighted by molar-refractivity contribution is 7.18. The van der Waals surface area contributed by atoms with Crippen LogP contribution in [0.4, 0.5) is 10.7 Å². The SMILES string of the molecule is COc1ccc(CCNc2cc(N)c(C(N)=O)s2)cc1. The van der Waals surface area contributed by atoms with Crippen LogP contribution in [0.3, 0.4) is 0 Å². The number of nitrogens with one attached hydrogen (secondary N) is 1. The second kappa shape index (κ2) is 6.29. The first-order valence-corrected chi connectivity index (χ1v) is 6.97. The number of carbonyl (C=O) groups is 1. The topological polar surface area (TPSA) is 90.4 Å². The number of nitrogens with two attached hydrogens (primary N) is 2. The summed E-state index contributed by atoms with van der Waals surface area (Å²) in [7, 11) is 1.65. The highest BCUT2D eigenvalue weighted by Gasteiger charge is 2.10. The maximum absolute atomic E-state index is 11.1. The van der Waals surface area contributed by atoms with Crippen LogP contribution < -0.4 is 21.5 Å². The van der Waals surface area contributed by atoms with Crippen molar-refractivity contribution in [1.29, 1.82) is 0 Å². The molecule has 0 aliphatic rings. The smallest absolute Gasteiger partial charge is 0.260 e. The molecule has 0 fully saturated rings. The van der Waals surface area contributed by atoms with Crippen molar-refractivity contribution in [2.24, 2.45) is 5.73 Å². The van der Waals surface area contributed by atoms with Gasteiger partial charge in [0.2, 0.25) is 0 Å². The largest absolute Gasteiger partial charge is 0.497 e. The molecule has 0 aliphatic heterocycles. The van der Waals surface area contributed by atoms with Crippen LogP contribution in [0, 0.1) is 0 Å². The third-order valence-corrected chi connectivity index (χ3v) is 3.98. The Bertz CT molecular complexity index is 593. The zero-order valence-electron chi connectivity index (χ0n) is 11.2. The standard InChI is InChI=1S/C14H17N3O2S/c1-19-10-4-2-9(3-5-10)6-7-17-12-8-11(15)13(20-12)14(16)18/h2-5,8,17H,6-7,15H2,1H3,(H2,16,18). The second-order valence-corrected chi connectivity index (χ2v) is 5.34. The summed E-state index contributed by atoms with van der Waals surface area (Å²) >= 11 is 1.28. The molecule has 5 nitrogen and oxygen atoms in total. The molecule has 0 spiro atoms. The number of ether oxygens (including phenoxy) is 1. The first-order chi connectivity index (χ1) is 9.60. The van der Waals surface area contributed by atoms with Gasteiger partial charge in [0.1, 0.15) is 10.6 Å². The highest BCUT2D eigenvalue weighted by Crippen LogP contribution is 2.28. The Balaban J connectivity index is 1.89. The van der Waals surface area contributed by atoms with E-state index in [1.54, 1.807) is 13.2 Å². The maximum Gasteiger partial charge on any atom is 0.260 e. The number of thiophene rings is 1. The summed E-state index contributed by atoms with van der Waals surface area (Å²) < 4.78 is 5.11. The zero-order chi connectivity index (χ0) is 14.5. The summed E-state index contributed by atoms with van der Waals surface area (Å²) in [6, 6.07) is 9.66. The van der Waals surface area contributed by atoms with Crippen LogP contribution in [0.1, 0.15) is 15.2 Å². The third-order valence-electron chi connectivity index (χ3n) is 2.86. The first-order valence-electron chi connectivity index (χ1n) is 6.16. The van der Waals surface area contributed by atoms with Gasteiger partial charge in [-0.2, -0.15) is 0 Å². The van der Waals surface area contributed by atoms with E-state index < -0.39 is 5.91 Å². The Morgan fingerprint density at radius 1 is 1.35 bits per heavy atom. The molecular formula is C14H17N3O2S. The first kappa shape index (κ1) is 14.2. The molecule has 106 valence electrons. The van der Waals surface area contributed by atoms with Crippen LogP contribution in [0.5, 0.6) is 5.75 Å². The molecule has 2 aromatic rings. The Hall–Kier alpha value is -2.21. The van der Waals surface area contributed by atoms with Gasteiger partial charge >= 0.3 is 0 Å². The third kappa shape index (κ3) is 3.42. The number of methoxy groups -OCH3 is 1. The lowest BCUT2D eigenvalue weighted by molar-refractivity contribution is 0.100. The number of amides is 1. The lowest BCUT2D eigenvalue weighted by Gasteiger charge is -2.05. The normalized spacial score (nSPS) is 10.2. The minimum atomic E-state index is -0.490. The number of benzene rings is 1. The van der Waals surface area contributed by atoms with Gasteiger partial charge in [-0.3, -0.25) is 4.79 Å². The highest BCUT2D eigenvalue weighted by atomic mass is 32.1. The van der Waals surface area contributed by atoms with Crippen molar-refractivity contribution in [2.45, 2.75) is 6.42 Å². The van der Waals surface area contributed by atoms with Gasteiger partial charge in [0.05, 0.1) is 17.8 Å². The molecule has 0 aliphatic carbocycles. The molecule has 1 heterocycles. The number of hydrogen-bond donors (Lipinski definition) is 3. The molecule has 1 aromatic heterocycles. The molecule has 6 heteroatoms. The minimum absolute atomic E-state index is 0.400. The number of primary amides is 1. The Morgan fingerprint density at radius 2 is 2.05 bits per heavy atom. The van der Waals surface area contributed by atoms with Gasteiger partial charge in [-0.25, -0.2) is 0 Å². The summed E-state index contributed by atoms with van der Waals surface area (Å²) in [6.07, 6.45) is 0.869. The summed E-state index contributed by atoms with van der Waals surface area (Å²) in [5.74, 6) is 0.356. The number of anilines is 2. The van der Waals surface area contributed by atoms with E-state index in [1.165, 1.54) is 16.9 Å². The molecule has 20 heavy (non-hydrogen) atoms. The maximum atomic E-state index is 11.1. The number of rotatable bonds is 6. The van der Waals surface area contributed by atoms with Crippen molar-refractivity contribution in [1.82, 2.24) is 0 Å². The molecule has 1 aromatic carbocycles. The van der Waals surface area contributed by atoms with E-state index in [0.717, 1.165) is 23.7 Å². The van der Waals surface area contributed by atoms with Gasteiger partial charge in [0.25, 0.3) is 5.91 Å².